The summed E-state index contributed by atoms with van der Waals surface area (Å²) < 4.78 is 0. The van der Waals surface area contributed by atoms with Gasteiger partial charge in [-0.25, -0.2) is 0 Å². The van der Waals surface area contributed by atoms with Crippen molar-refractivity contribution in [3.05, 3.63) is 48.6 Å². The minimum atomic E-state index is -1.29. The number of rotatable bonds is 54. The summed E-state index contributed by atoms with van der Waals surface area (Å²) in [4.78, 5) is 12.6. The molecule has 4 unspecified atom stereocenters. The molecule has 0 saturated heterocycles. The molecule has 0 fully saturated rings. The van der Waals surface area contributed by atoms with Gasteiger partial charge in [0.2, 0.25) is 5.91 Å². The van der Waals surface area contributed by atoms with Crippen molar-refractivity contribution in [3.63, 3.8) is 0 Å². The van der Waals surface area contributed by atoms with Crippen molar-refractivity contribution in [3.8, 4) is 0 Å². The first kappa shape index (κ1) is 65.3. The fourth-order valence-electron chi connectivity index (χ4n) is 9.10. The summed E-state index contributed by atoms with van der Waals surface area (Å²) in [6.07, 6.45) is 70.5. The van der Waals surface area contributed by atoms with Gasteiger partial charge >= 0.3 is 0 Å². The molecule has 0 aliphatic carbocycles. The van der Waals surface area contributed by atoms with Gasteiger partial charge in [-0.05, 0) is 83.5 Å². The lowest BCUT2D eigenvalue weighted by atomic mass is 10.00. The highest BCUT2D eigenvalue weighted by Crippen LogP contribution is 2.17. The molecule has 4 atom stereocenters. The molecule has 0 rings (SSSR count). The van der Waals surface area contributed by atoms with E-state index in [-0.39, 0.29) is 0 Å². The minimum Gasteiger partial charge on any atom is -0.394 e. The molecule has 1 amide bonds. The fourth-order valence-corrected chi connectivity index (χ4v) is 9.10. The standard InChI is InChI=1S/C61H115NO5/c1-3-5-7-9-11-13-15-17-19-21-23-25-26-27-28-29-30-31-32-33-35-37-39-41-43-45-47-49-51-53-55-59(65)61(67)62-57(56-63)60(66)58(64)54-52-50-48-46-44-42-40-38-36-34-24-22-20-18-16-14-12-10-8-6-4-2/h23,25,27-28,38,40,46,48,57-60,63-66H,3-22,24,26,29-37,39,41-45,47,49-56H2,1-2H3,(H,62,67)/b25-23-,28-27-,40-38+,48-46+. The van der Waals surface area contributed by atoms with Crippen LogP contribution < -0.4 is 5.32 Å². The van der Waals surface area contributed by atoms with E-state index >= 15 is 0 Å². The maximum Gasteiger partial charge on any atom is 0.249 e. The molecule has 6 nitrogen and oxygen atoms in total. The molecule has 5 N–H and O–H groups in total. The molecule has 67 heavy (non-hydrogen) atoms. The molecule has 0 aromatic heterocycles. The smallest absolute Gasteiger partial charge is 0.249 e. The summed E-state index contributed by atoms with van der Waals surface area (Å²) in [6.45, 7) is 4.07. The van der Waals surface area contributed by atoms with Crippen LogP contribution in [0.3, 0.4) is 0 Å². The van der Waals surface area contributed by atoms with Gasteiger partial charge in [0, 0.05) is 0 Å². The quantitative estimate of drug-likeness (QED) is 0.0308. The fraction of sp³-hybridized carbons (Fsp3) is 0.852. The first-order valence-electron chi connectivity index (χ1n) is 29.5. The molecule has 0 bridgehead atoms. The number of carbonyl (C=O) groups excluding carboxylic acids is 1. The van der Waals surface area contributed by atoms with Crippen LogP contribution in [0.4, 0.5) is 0 Å². The van der Waals surface area contributed by atoms with Crippen LogP contribution in [0.5, 0.6) is 0 Å². The Bertz CT molecular complexity index is 1100. The average molecular weight is 943 g/mol. The first-order valence-corrected chi connectivity index (χ1v) is 29.5. The van der Waals surface area contributed by atoms with Crippen molar-refractivity contribution in [2.24, 2.45) is 0 Å². The van der Waals surface area contributed by atoms with E-state index in [0.29, 0.717) is 19.3 Å². The lowest BCUT2D eigenvalue weighted by molar-refractivity contribution is -0.132. The molecule has 0 aliphatic rings. The first-order chi connectivity index (χ1) is 33.0. The number of hydrogen-bond acceptors (Lipinski definition) is 5. The topological polar surface area (TPSA) is 110 Å². The van der Waals surface area contributed by atoms with Crippen molar-refractivity contribution in [1.29, 1.82) is 0 Å². The zero-order chi connectivity index (χ0) is 48.8. The van der Waals surface area contributed by atoms with Gasteiger partial charge in [0.05, 0.1) is 18.8 Å². The van der Waals surface area contributed by atoms with Gasteiger partial charge in [-0.1, -0.05) is 268 Å². The highest BCUT2D eigenvalue weighted by Gasteiger charge is 2.28. The SMILES string of the molecule is CCCCCCCCCCC/C=C\C/C=C\CCCCCCCCCCCCCCCCC(O)C(=O)NC(CO)C(O)C(O)CCC/C=C/CC/C=C/CCCCCCCCCCCCCC. The zero-order valence-corrected chi connectivity index (χ0v) is 44.7. The lowest BCUT2D eigenvalue weighted by Gasteiger charge is -2.27. The van der Waals surface area contributed by atoms with E-state index in [0.717, 1.165) is 44.9 Å². The van der Waals surface area contributed by atoms with Gasteiger partial charge in [-0.15, -0.1) is 0 Å². The maximum atomic E-state index is 12.6. The maximum absolute atomic E-state index is 12.6. The number of unbranched alkanes of at least 4 members (excludes halogenated alkanes) is 37. The monoisotopic (exact) mass is 942 g/mol. The van der Waals surface area contributed by atoms with Crippen LogP contribution in [0.1, 0.15) is 303 Å². The van der Waals surface area contributed by atoms with Crippen molar-refractivity contribution >= 4 is 5.91 Å². The van der Waals surface area contributed by atoms with Crippen LogP contribution >= 0.6 is 0 Å². The van der Waals surface area contributed by atoms with Crippen LogP contribution in [-0.4, -0.2) is 57.3 Å². The number of nitrogens with one attached hydrogen (secondary N) is 1. The zero-order valence-electron chi connectivity index (χ0n) is 44.7. The highest BCUT2D eigenvalue weighted by atomic mass is 16.3. The second-order valence-electron chi connectivity index (χ2n) is 20.3. The summed E-state index contributed by atoms with van der Waals surface area (Å²) in [5.41, 5.74) is 0. The van der Waals surface area contributed by atoms with Gasteiger partial charge in [0.1, 0.15) is 12.2 Å². The van der Waals surface area contributed by atoms with Crippen LogP contribution in [-0.2, 0) is 4.79 Å². The van der Waals surface area contributed by atoms with E-state index in [1.807, 2.05) is 0 Å². The van der Waals surface area contributed by atoms with Gasteiger partial charge in [-0.2, -0.15) is 0 Å². The third-order valence-corrected chi connectivity index (χ3v) is 13.7. The molecule has 0 aromatic rings. The third-order valence-electron chi connectivity index (χ3n) is 13.7. The van der Waals surface area contributed by atoms with Crippen LogP contribution in [0.15, 0.2) is 48.6 Å². The summed E-state index contributed by atoms with van der Waals surface area (Å²) in [6, 6.07) is -1.01. The molecule has 0 saturated carbocycles. The Morgan fingerprint density at radius 3 is 1.03 bits per heavy atom. The molecule has 0 aromatic carbocycles. The largest absolute Gasteiger partial charge is 0.394 e. The molecule has 6 heteroatoms. The number of amides is 1. The van der Waals surface area contributed by atoms with Crippen LogP contribution in [0, 0.1) is 0 Å². The van der Waals surface area contributed by atoms with Crippen molar-refractivity contribution in [2.45, 2.75) is 327 Å². The predicted octanol–water partition coefficient (Wildman–Crippen LogP) is 17.4. The van der Waals surface area contributed by atoms with E-state index in [9.17, 15) is 25.2 Å². The Balaban J connectivity index is 3.66. The minimum absolute atomic E-state index is 0.359. The number of carbonyl (C=O) groups is 1. The summed E-state index contributed by atoms with van der Waals surface area (Å²) in [5, 5.41) is 44.0. The second kappa shape index (κ2) is 55.2. The molecule has 0 heterocycles. The molecule has 0 radical (unpaired) electrons. The Hall–Kier alpha value is -1.73. The van der Waals surface area contributed by atoms with E-state index in [1.165, 1.54) is 225 Å². The Morgan fingerprint density at radius 1 is 0.373 bits per heavy atom. The molecular weight excluding hydrogens is 827 g/mol. The Morgan fingerprint density at radius 2 is 0.672 bits per heavy atom. The van der Waals surface area contributed by atoms with Gasteiger partial charge in [-0.3, -0.25) is 4.79 Å². The van der Waals surface area contributed by atoms with Crippen molar-refractivity contribution in [1.82, 2.24) is 5.32 Å². The van der Waals surface area contributed by atoms with Crippen molar-refractivity contribution < 1.29 is 25.2 Å². The van der Waals surface area contributed by atoms with Gasteiger partial charge < -0.3 is 25.7 Å². The van der Waals surface area contributed by atoms with Gasteiger partial charge in [0.25, 0.3) is 0 Å². The lowest BCUT2D eigenvalue weighted by Crippen LogP contribution is -2.53. The van der Waals surface area contributed by atoms with Gasteiger partial charge in [0.15, 0.2) is 0 Å². The van der Waals surface area contributed by atoms with Crippen molar-refractivity contribution in [2.75, 3.05) is 6.61 Å². The van der Waals surface area contributed by atoms with Crippen LogP contribution in [0.2, 0.25) is 0 Å². The highest BCUT2D eigenvalue weighted by molar-refractivity contribution is 5.80. The third kappa shape index (κ3) is 49.1. The average Bonchev–Trinajstić information content (AvgIpc) is 3.33. The number of hydrogen-bond donors (Lipinski definition) is 5. The summed E-state index contributed by atoms with van der Waals surface area (Å²) >= 11 is 0. The van der Waals surface area contributed by atoms with E-state index in [4.69, 9.17) is 0 Å². The Kier molecular flexibility index (Phi) is 53.8. The molecular formula is C61H115NO5. The summed E-state index contributed by atoms with van der Waals surface area (Å²) in [5.74, 6) is -0.596. The van der Waals surface area contributed by atoms with E-state index in [1.54, 1.807) is 0 Å². The van der Waals surface area contributed by atoms with Crippen LogP contribution in [0.25, 0.3) is 0 Å². The summed E-state index contributed by atoms with van der Waals surface area (Å²) in [7, 11) is 0. The molecule has 394 valence electrons. The number of aliphatic hydroxyl groups is 4. The van der Waals surface area contributed by atoms with E-state index in [2.05, 4.69) is 67.8 Å². The number of allylic oxidation sites excluding steroid dienone is 8. The number of aliphatic hydroxyl groups excluding tert-OH is 4. The molecule has 0 aliphatic heterocycles. The molecule has 0 spiro atoms. The Labute approximate surface area is 417 Å². The predicted molar refractivity (Wildman–Crippen MR) is 293 cm³/mol. The second-order valence-corrected chi connectivity index (χ2v) is 20.3. The normalized spacial score (nSPS) is 14.1. The van der Waals surface area contributed by atoms with E-state index < -0.39 is 36.9 Å².